The van der Waals surface area contributed by atoms with Crippen molar-refractivity contribution in [1.82, 2.24) is 9.97 Å². The van der Waals surface area contributed by atoms with E-state index in [1.165, 1.54) is 51.8 Å². The van der Waals surface area contributed by atoms with E-state index in [-0.39, 0.29) is 5.41 Å². The van der Waals surface area contributed by atoms with Crippen LogP contribution < -0.4 is 0 Å². The first kappa shape index (κ1) is 33.2. The van der Waals surface area contributed by atoms with E-state index in [1.807, 2.05) is 12.1 Å². The number of nitrogens with zero attached hydrogens (tertiary/aromatic N) is 2. The minimum absolute atomic E-state index is 0.252. The average molecular weight is 707 g/mol. The van der Waals surface area contributed by atoms with E-state index in [0.717, 1.165) is 65.1 Å². The summed E-state index contributed by atoms with van der Waals surface area (Å²) in [5, 5.41) is 0. The molecule has 1 unspecified atom stereocenters. The number of fused-ring (bicyclic) bond motifs is 2. The Labute approximate surface area is 324 Å². The van der Waals surface area contributed by atoms with Gasteiger partial charge in [0.25, 0.3) is 0 Å². The van der Waals surface area contributed by atoms with Gasteiger partial charge in [-0.25, -0.2) is 9.97 Å². The molecule has 2 heteroatoms. The van der Waals surface area contributed by atoms with Crippen LogP contribution in [0.1, 0.15) is 55.2 Å². The number of rotatable bonds is 7. The Hall–Kier alpha value is -6.38. The number of hydrogen-bond acceptors (Lipinski definition) is 2. The molecule has 1 atom stereocenters. The van der Waals surface area contributed by atoms with Gasteiger partial charge in [-0.15, -0.1) is 0 Å². The SMILES string of the molecule is C1=CC(C2(c3ccccc3)C3=C(CCCC3)c3ccc(-c4cccc(-c5cccc(-c6nc(-c7ccccc7)cc(-c7ccccc7)n6)c5)c4)cc32)=CCC1. The molecule has 55 heavy (non-hydrogen) atoms. The summed E-state index contributed by atoms with van der Waals surface area (Å²) in [6.07, 6.45) is 14.3. The van der Waals surface area contributed by atoms with Crippen LogP contribution in [0.3, 0.4) is 0 Å². The molecule has 0 fully saturated rings. The van der Waals surface area contributed by atoms with E-state index in [4.69, 9.17) is 9.97 Å². The fourth-order valence-corrected chi connectivity index (χ4v) is 9.29. The number of hydrogen-bond donors (Lipinski definition) is 0. The van der Waals surface area contributed by atoms with Gasteiger partial charge in [0.05, 0.1) is 16.8 Å². The van der Waals surface area contributed by atoms with Crippen molar-refractivity contribution in [3.8, 4) is 56.2 Å². The molecule has 264 valence electrons. The molecule has 0 spiro atoms. The van der Waals surface area contributed by atoms with Gasteiger partial charge in [-0.1, -0.05) is 158 Å². The van der Waals surface area contributed by atoms with Crippen LogP contribution >= 0.6 is 0 Å². The smallest absolute Gasteiger partial charge is 0.160 e. The van der Waals surface area contributed by atoms with E-state index in [1.54, 1.807) is 11.1 Å². The summed E-state index contributed by atoms with van der Waals surface area (Å²) < 4.78 is 0. The van der Waals surface area contributed by atoms with Crippen molar-refractivity contribution in [2.24, 2.45) is 0 Å². The van der Waals surface area contributed by atoms with Crippen LogP contribution in [0.2, 0.25) is 0 Å². The average Bonchev–Trinajstić information content (AvgIpc) is 3.58. The predicted octanol–water partition coefficient (Wildman–Crippen LogP) is 13.7. The summed E-state index contributed by atoms with van der Waals surface area (Å²) in [5.74, 6) is 0.719. The highest BCUT2D eigenvalue weighted by Crippen LogP contribution is 2.59. The molecule has 0 aliphatic heterocycles. The molecular formula is C53H42N2. The van der Waals surface area contributed by atoms with E-state index < -0.39 is 0 Å². The molecular weight excluding hydrogens is 665 g/mol. The maximum absolute atomic E-state index is 5.12. The Bertz CT molecular complexity index is 2570. The highest BCUT2D eigenvalue weighted by atomic mass is 14.9. The third-order valence-electron chi connectivity index (χ3n) is 11.8. The van der Waals surface area contributed by atoms with Crippen LogP contribution in [-0.4, -0.2) is 9.97 Å². The van der Waals surface area contributed by atoms with Crippen LogP contribution in [-0.2, 0) is 5.41 Å². The predicted molar refractivity (Wildman–Crippen MR) is 228 cm³/mol. The fraction of sp³-hybridized carbons (Fsp3) is 0.132. The third kappa shape index (κ3) is 5.90. The summed E-state index contributed by atoms with van der Waals surface area (Å²) in [4.78, 5) is 10.2. The lowest BCUT2D eigenvalue weighted by Gasteiger charge is -2.38. The van der Waals surface area contributed by atoms with Crippen molar-refractivity contribution in [1.29, 1.82) is 0 Å². The zero-order chi connectivity index (χ0) is 36.6. The first-order chi connectivity index (χ1) is 27.3. The van der Waals surface area contributed by atoms with Crippen LogP contribution in [0, 0.1) is 0 Å². The van der Waals surface area contributed by atoms with E-state index in [9.17, 15) is 0 Å². The Balaban J connectivity index is 1.07. The normalized spacial score (nSPS) is 17.4. The lowest BCUT2D eigenvalue weighted by atomic mass is 9.63. The molecule has 1 aromatic heterocycles. The van der Waals surface area contributed by atoms with Gasteiger partial charge in [0.1, 0.15) is 0 Å². The Morgan fingerprint density at radius 2 is 1.02 bits per heavy atom. The standard InChI is InChI=1S/C53H42N2/c1-5-17-37(18-6-1)50-36-51(38-19-7-2-8-20-38)55-52(54-50)43-24-16-23-41(34-43)39-21-15-22-40(33-39)42-31-32-47-46-29-13-14-30-48(46)53(49(47)35-42,44-25-9-3-10-26-44)45-27-11-4-12-28-45/h1-3,5-11,15-28,31-36H,4,12-14,29-30H2. The van der Waals surface area contributed by atoms with Crippen molar-refractivity contribution in [2.75, 3.05) is 0 Å². The van der Waals surface area contributed by atoms with Gasteiger partial charge in [0.15, 0.2) is 5.82 Å². The van der Waals surface area contributed by atoms with Crippen LogP contribution in [0.25, 0.3) is 61.7 Å². The summed E-state index contributed by atoms with van der Waals surface area (Å²) in [6, 6.07) is 59.2. The van der Waals surface area contributed by atoms with Crippen molar-refractivity contribution < 1.29 is 0 Å². The Kier molecular flexibility index (Phi) is 8.52. The summed E-state index contributed by atoms with van der Waals surface area (Å²) in [5.41, 5.74) is 18.4. The molecule has 3 aliphatic carbocycles. The van der Waals surface area contributed by atoms with E-state index >= 15 is 0 Å². The van der Waals surface area contributed by atoms with Gasteiger partial charge in [-0.2, -0.15) is 0 Å². The topological polar surface area (TPSA) is 25.8 Å². The molecule has 0 N–H and O–H groups in total. The highest BCUT2D eigenvalue weighted by Gasteiger charge is 2.48. The number of aromatic nitrogens is 2. The monoisotopic (exact) mass is 706 g/mol. The minimum atomic E-state index is -0.252. The molecule has 6 aromatic carbocycles. The zero-order valence-electron chi connectivity index (χ0n) is 31.0. The molecule has 0 bridgehead atoms. The second kappa shape index (κ2) is 14.1. The molecule has 7 aromatic rings. The van der Waals surface area contributed by atoms with Gasteiger partial charge in [-0.3, -0.25) is 0 Å². The van der Waals surface area contributed by atoms with Gasteiger partial charge in [0.2, 0.25) is 0 Å². The second-order valence-corrected chi connectivity index (χ2v) is 15.0. The molecule has 0 radical (unpaired) electrons. The van der Waals surface area contributed by atoms with E-state index in [2.05, 4.69) is 170 Å². The highest BCUT2D eigenvalue weighted by molar-refractivity contribution is 5.89. The quantitative estimate of drug-likeness (QED) is 0.165. The zero-order valence-corrected chi connectivity index (χ0v) is 31.0. The molecule has 0 amide bonds. The second-order valence-electron chi connectivity index (χ2n) is 15.0. The minimum Gasteiger partial charge on any atom is -0.228 e. The van der Waals surface area contributed by atoms with Gasteiger partial charge in [0, 0.05) is 16.7 Å². The maximum atomic E-state index is 5.12. The lowest BCUT2D eigenvalue weighted by Crippen LogP contribution is -2.31. The Morgan fingerprint density at radius 3 is 1.65 bits per heavy atom. The lowest BCUT2D eigenvalue weighted by molar-refractivity contribution is 0.629. The summed E-state index contributed by atoms with van der Waals surface area (Å²) >= 11 is 0. The molecule has 10 rings (SSSR count). The molecule has 0 saturated heterocycles. The first-order valence-electron chi connectivity index (χ1n) is 19.8. The molecule has 0 saturated carbocycles. The van der Waals surface area contributed by atoms with Gasteiger partial charge >= 0.3 is 0 Å². The van der Waals surface area contributed by atoms with Crippen molar-refractivity contribution in [3.63, 3.8) is 0 Å². The maximum Gasteiger partial charge on any atom is 0.160 e. The summed E-state index contributed by atoms with van der Waals surface area (Å²) in [6.45, 7) is 0. The number of benzene rings is 6. The number of allylic oxidation sites excluding steroid dienone is 6. The first-order valence-corrected chi connectivity index (χ1v) is 19.8. The fourth-order valence-electron chi connectivity index (χ4n) is 9.29. The molecule has 1 heterocycles. The van der Waals surface area contributed by atoms with Crippen molar-refractivity contribution in [3.05, 3.63) is 210 Å². The largest absolute Gasteiger partial charge is 0.228 e. The van der Waals surface area contributed by atoms with Crippen molar-refractivity contribution in [2.45, 2.75) is 43.9 Å². The van der Waals surface area contributed by atoms with E-state index in [0.29, 0.717) is 0 Å². The Morgan fingerprint density at radius 1 is 0.455 bits per heavy atom. The van der Waals surface area contributed by atoms with Crippen LogP contribution in [0.5, 0.6) is 0 Å². The molecule has 3 aliphatic rings. The van der Waals surface area contributed by atoms with Gasteiger partial charge in [-0.05, 0) is 118 Å². The van der Waals surface area contributed by atoms with Crippen LogP contribution in [0.15, 0.2) is 193 Å². The van der Waals surface area contributed by atoms with Gasteiger partial charge < -0.3 is 0 Å². The summed E-state index contributed by atoms with van der Waals surface area (Å²) in [7, 11) is 0. The van der Waals surface area contributed by atoms with Crippen LogP contribution in [0.4, 0.5) is 0 Å². The van der Waals surface area contributed by atoms with Crippen molar-refractivity contribution >= 4 is 5.57 Å². The molecule has 2 nitrogen and oxygen atoms in total. The third-order valence-corrected chi connectivity index (χ3v) is 11.8.